The summed E-state index contributed by atoms with van der Waals surface area (Å²) >= 11 is 6.31. The largest absolute Gasteiger partial charge is 0.493 e. The maximum absolute atomic E-state index is 13.3. The van der Waals surface area contributed by atoms with Crippen LogP contribution in [0.2, 0.25) is 5.02 Å². The normalized spacial score (nSPS) is 15.0. The van der Waals surface area contributed by atoms with Crippen molar-refractivity contribution in [3.63, 3.8) is 0 Å². The van der Waals surface area contributed by atoms with Crippen LogP contribution in [-0.2, 0) is 16.2 Å². The lowest BCUT2D eigenvalue weighted by molar-refractivity contribution is -0.136. The summed E-state index contributed by atoms with van der Waals surface area (Å²) in [4.78, 5) is 16.3. The maximum Gasteiger partial charge on any atom is 0.367 e. The molecule has 0 spiro atoms. The highest BCUT2D eigenvalue weighted by Gasteiger charge is 2.22. The molecule has 3 rings (SSSR count). The predicted octanol–water partition coefficient (Wildman–Crippen LogP) is 4.38. The number of hydrogen-bond donors (Lipinski definition) is 0. The van der Waals surface area contributed by atoms with Gasteiger partial charge in [0.2, 0.25) is 0 Å². The van der Waals surface area contributed by atoms with Gasteiger partial charge in [-0.2, -0.15) is 0 Å². The van der Waals surface area contributed by atoms with E-state index in [9.17, 15) is 9.18 Å². The topological polar surface area (TPSA) is 57.1 Å². The molecular formula is C19H15ClFNO4. The monoisotopic (exact) mass is 375 g/mol. The number of methoxy groups -OCH3 is 1. The minimum Gasteiger partial charge on any atom is -0.493 e. The smallest absolute Gasteiger partial charge is 0.367 e. The van der Waals surface area contributed by atoms with Gasteiger partial charge in [-0.15, -0.1) is 0 Å². The summed E-state index contributed by atoms with van der Waals surface area (Å²) in [5.74, 6) is -0.141. The molecule has 0 fully saturated rings. The van der Waals surface area contributed by atoms with Crippen LogP contribution in [-0.4, -0.2) is 18.8 Å². The van der Waals surface area contributed by atoms with Crippen LogP contribution in [0.4, 0.5) is 4.39 Å². The molecule has 26 heavy (non-hydrogen) atoms. The molecule has 7 heteroatoms. The van der Waals surface area contributed by atoms with E-state index in [0.29, 0.717) is 38.9 Å². The van der Waals surface area contributed by atoms with Crippen molar-refractivity contribution in [3.8, 4) is 11.5 Å². The van der Waals surface area contributed by atoms with E-state index in [1.54, 1.807) is 37.3 Å². The Labute approximate surface area is 154 Å². The van der Waals surface area contributed by atoms with Gasteiger partial charge >= 0.3 is 5.97 Å². The van der Waals surface area contributed by atoms with E-state index in [4.69, 9.17) is 21.1 Å². The number of benzene rings is 2. The number of halogens is 2. The summed E-state index contributed by atoms with van der Waals surface area (Å²) in [6, 6.07) is 9.41. The van der Waals surface area contributed by atoms with Crippen LogP contribution >= 0.6 is 11.6 Å². The minimum absolute atomic E-state index is 0.131. The molecule has 0 aromatic heterocycles. The lowest BCUT2D eigenvalue weighted by Gasteiger charge is -2.13. The van der Waals surface area contributed by atoms with Crippen LogP contribution in [0.5, 0.6) is 11.5 Å². The van der Waals surface area contributed by atoms with Gasteiger partial charge in [0.15, 0.2) is 11.5 Å². The standard InChI is InChI=1S/C19H15ClFNO4/c1-11-15(19(23)26-22-11)7-13-8-16(20)18(17(9-13)24-2)25-10-12-4-3-5-14(21)6-12/h3-9H,10H2,1-2H3/b15-7+. The second-order valence-electron chi connectivity index (χ2n) is 5.57. The molecule has 1 heterocycles. The van der Waals surface area contributed by atoms with Crippen molar-refractivity contribution in [2.45, 2.75) is 13.5 Å². The molecule has 0 amide bonds. The number of oxime groups is 1. The van der Waals surface area contributed by atoms with E-state index < -0.39 is 5.97 Å². The van der Waals surface area contributed by atoms with Gasteiger partial charge in [-0.3, -0.25) is 0 Å². The summed E-state index contributed by atoms with van der Waals surface area (Å²) in [5, 5.41) is 3.93. The van der Waals surface area contributed by atoms with Gasteiger partial charge in [-0.25, -0.2) is 9.18 Å². The Bertz CT molecular complexity index is 924. The first-order valence-electron chi connectivity index (χ1n) is 7.70. The Morgan fingerprint density at radius 3 is 2.77 bits per heavy atom. The highest BCUT2D eigenvalue weighted by atomic mass is 35.5. The summed E-state index contributed by atoms with van der Waals surface area (Å²) in [7, 11) is 1.48. The van der Waals surface area contributed by atoms with Crippen molar-refractivity contribution in [1.29, 1.82) is 0 Å². The van der Waals surface area contributed by atoms with E-state index in [2.05, 4.69) is 9.99 Å². The zero-order valence-corrected chi connectivity index (χ0v) is 14.8. The van der Waals surface area contributed by atoms with Crippen LogP contribution in [0, 0.1) is 5.82 Å². The van der Waals surface area contributed by atoms with E-state index in [1.807, 2.05) is 0 Å². The minimum atomic E-state index is -0.524. The zero-order valence-electron chi connectivity index (χ0n) is 14.1. The van der Waals surface area contributed by atoms with Crippen LogP contribution in [0.1, 0.15) is 18.1 Å². The van der Waals surface area contributed by atoms with Gasteiger partial charge in [-0.05, 0) is 48.4 Å². The number of rotatable bonds is 5. The number of nitrogens with zero attached hydrogens (tertiary/aromatic N) is 1. The molecule has 0 radical (unpaired) electrons. The first-order chi connectivity index (χ1) is 12.5. The number of carbonyl (C=O) groups excluding carboxylic acids is 1. The third kappa shape index (κ3) is 3.86. The Morgan fingerprint density at radius 2 is 2.12 bits per heavy atom. The fraction of sp³-hybridized carbons (Fsp3) is 0.158. The first-order valence-corrected chi connectivity index (χ1v) is 8.08. The summed E-state index contributed by atoms with van der Waals surface area (Å²) in [6.45, 7) is 1.80. The SMILES string of the molecule is COc1cc(/C=C2/C(=O)ON=C2C)cc(Cl)c1OCc1cccc(F)c1. The van der Waals surface area contributed by atoms with Crippen molar-refractivity contribution >= 4 is 29.4 Å². The van der Waals surface area contributed by atoms with Crippen molar-refractivity contribution in [1.82, 2.24) is 0 Å². The second kappa shape index (κ2) is 7.58. The van der Waals surface area contributed by atoms with Crippen molar-refractivity contribution in [2.75, 3.05) is 7.11 Å². The van der Waals surface area contributed by atoms with E-state index in [1.165, 1.54) is 19.2 Å². The number of carbonyl (C=O) groups is 1. The van der Waals surface area contributed by atoms with Crippen molar-refractivity contribution in [3.05, 3.63) is 63.9 Å². The van der Waals surface area contributed by atoms with Gasteiger partial charge in [0, 0.05) is 0 Å². The highest BCUT2D eigenvalue weighted by molar-refractivity contribution is 6.32. The lowest BCUT2D eigenvalue weighted by Crippen LogP contribution is -2.02. The Balaban J connectivity index is 1.87. The molecule has 1 aliphatic heterocycles. The molecule has 5 nitrogen and oxygen atoms in total. The fourth-order valence-corrected chi connectivity index (χ4v) is 2.71. The Hall–Kier alpha value is -2.86. The molecule has 1 aliphatic rings. The maximum atomic E-state index is 13.3. The lowest BCUT2D eigenvalue weighted by atomic mass is 10.1. The zero-order chi connectivity index (χ0) is 18.7. The number of ether oxygens (including phenoxy) is 2. The van der Waals surface area contributed by atoms with Crippen LogP contribution in [0.15, 0.2) is 47.1 Å². The molecule has 0 atom stereocenters. The van der Waals surface area contributed by atoms with Crippen molar-refractivity contribution < 1.29 is 23.5 Å². The molecular weight excluding hydrogens is 361 g/mol. The molecule has 2 aromatic carbocycles. The van der Waals surface area contributed by atoms with Crippen molar-refractivity contribution in [2.24, 2.45) is 5.16 Å². The quantitative estimate of drug-likeness (QED) is 0.574. The average Bonchev–Trinajstić information content (AvgIpc) is 2.92. The van der Waals surface area contributed by atoms with Crippen LogP contribution in [0.3, 0.4) is 0 Å². The Kier molecular flexibility index (Phi) is 5.23. The third-order valence-corrected chi connectivity index (χ3v) is 3.99. The average molecular weight is 376 g/mol. The second-order valence-corrected chi connectivity index (χ2v) is 5.97. The molecule has 0 N–H and O–H groups in total. The van der Waals surface area contributed by atoms with Gasteiger partial charge in [0.05, 0.1) is 23.4 Å². The first kappa shape index (κ1) is 17.9. The molecule has 0 saturated heterocycles. The summed E-state index contributed by atoms with van der Waals surface area (Å²) < 4.78 is 24.3. The summed E-state index contributed by atoms with van der Waals surface area (Å²) in [6.07, 6.45) is 1.61. The Morgan fingerprint density at radius 1 is 1.31 bits per heavy atom. The van der Waals surface area contributed by atoms with E-state index in [0.717, 1.165) is 0 Å². The van der Waals surface area contributed by atoms with Crippen LogP contribution < -0.4 is 9.47 Å². The predicted molar refractivity (Wildman–Crippen MR) is 95.9 cm³/mol. The third-order valence-electron chi connectivity index (χ3n) is 3.71. The van der Waals surface area contributed by atoms with Gasteiger partial charge in [-0.1, -0.05) is 28.9 Å². The molecule has 0 aliphatic carbocycles. The van der Waals surface area contributed by atoms with Gasteiger partial charge in [0.25, 0.3) is 0 Å². The molecule has 0 bridgehead atoms. The fourth-order valence-electron chi connectivity index (χ4n) is 2.43. The molecule has 0 saturated carbocycles. The number of hydrogen-bond acceptors (Lipinski definition) is 5. The summed E-state index contributed by atoms with van der Waals surface area (Å²) in [5.41, 5.74) is 2.12. The van der Waals surface area contributed by atoms with Gasteiger partial charge < -0.3 is 14.3 Å². The molecule has 134 valence electrons. The van der Waals surface area contributed by atoms with Gasteiger partial charge in [0.1, 0.15) is 12.4 Å². The van der Waals surface area contributed by atoms with E-state index in [-0.39, 0.29) is 12.4 Å². The highest BCUT2D eigenvalue weighted by Crippen LogP contribution is 2.37. The van der Waals surface area contributed by atoms with Crippen LogP contribution in [0.25, 0.3) is 6.08 Å². The van der Waals surface area contributed by atoms with E-state index >= 15 is 0 Å². The molecule has 0 unspecified atom stereocenters. The molecule has 2 aromatic rings.